The molecule has 22 heavy (non-hydrogen) atoms. The number of hydrogen-bond donors (Lipinski definition) is 1. The predicted molar refractivity (Wildman–Crippen MR) is 88.1 cm³/mol. The summed E-state index contributed by atoms with van der Waals surface area (Å²) in [4.78, 5) is 12.0. The summed E-state index contributed by atoms with van der Waals surface area (Å²) in [5, 5.41) is 3.21. The van der Waals surface area contributed by atoms with Crippen LogP contribution < -0.4 is 9.62 Å². The summed E-state index contributed by atoms with van der Waals surface area (Å²) < 4.78 is 29.7. The van der Waals surface area contributed by atoms with Crippen LogP contribution in [0.15, 0.2) is 18.2 Å². The van der Waals surface area contributed by atoms with Crippen molar-refractivity contribution in [2.45, 2.75) is 13.0 Å². The lowest BCUT2D eigenvalue weighted by Crippen LogP contribution is -2.44. The predicted octanol–water partition coefficient (Wildman–Crippen LogP) is 1.91. The number of rotatable bonds is 7. The van der Waals surface area contributed by atoms with Crippen molar-refractivity contribution < 1.29 is 17.9 Å². The molecule has 1 aromatic carbocycles. The highest BCUT2D eigenvalue weighted by molar-refractivity contribution is 7.92. The van der Waals surface area contributed by atoms with Crippen molar-refractivity contribution >= 4 is 44.8 Å². The number of nitrogens with zero attached hydrogens (tertiary/aromatic N) is 1. The molecule has 0 saturated carbocycles. The maximum atomic E-state index is 12.0. The topological polar surface area (TPSA) is 75.7 Å². The molecule has 6 nitrogen and oxygen atoms in total. The molecule has 0 saturated heterocycles. The third-order valence-electron chi connectivity index (χ3n) is 2.65. The Balaban J connectivity index is 2.98. The van der Waals surface area contributed by atoms with E-state index >= 15 is 0 Å². The Kier molecular flexibility index (Phi) is 6.93. The number of hydrogen-bond acceptors (Lipinski definition) is 4. The molecule has 1 amide bonds. The standard InChI is InChI=1S/C13H18Cl2N2O4S/c1-9(8-21-2)16-13(18)7-17(22(3,19)20)12-5-10(14)4-11(15)6-12/h4-6,9H,7-8H2,1-3H3,(H,16,18)/t9-/m0/s1. The molecule has 0 bridgehead atoms. The summed E-state index contributed by atoms with van der Waals surface area (Å²) in [7, 11) is -2.16. The summed E-state index contributed by atoms with van der Waals surface area (Å²) in [5.74, 6) is -0.453. The Bertz CT molecular complexity index is 617. The normalized spacial score (nSPS) is 12.8. The van der Waals surface area contributed by atoms with Gasteiger partial charge in [0.2, 0.25) is 15.9 Å². The van der Waals surface area contributed by atoms with Crippen LogP contribution in [-0.2, 0) is 19.6 Å². The van der Waals surface area contributed by atoms with E-state index in [0.717, 1.165) is 10.6 Å². The molecule has 0 radical (unpaired) electrons. The molecule has 0 spiro atoms. The summed E-state index contributed by atoms with van der Waals surface area (Å²) >= 11 is 11.8. The van der Waals surface area contributed by atoms with Crippen LogP contribution in [0.5, 0.6) is 0 Å². The number of carbonyl (C=O) groups excluding carboxylic acids is 1. The number of carbonyl (C=O) groups is 1. The minimum absolute atomic E-state index is 0.231. The number of amides is 1. The van der Waals surface area contributed by atoms with Crippen LogP contribution in [0.4, 0.5) is 5.69 Å². The van der Waals surface area contributed by atoms with Gasteiger partial charge in [-0.15, -0.1) is 0 Å². The number of benzene rings is 1. The average molecular weight is 369 g/mol. The van der Waals surface area contributed by atoms with Gasteiger partial charge in [0, 0.05) is 23.2 Å². The molecule has 0 unspecified atom stereocenters. The van der Waals surface area contributed by atoms with Gasteiger partial charge in [-0.05, 0) is 25.1 Å². The second-order valence-corrected chi connectivity index (χ2v) is 7.60. The van der Waals surface area contributed by atoms with Crippen molar-refractivity contribution in [3.05, 3.63) is 28.2 Å². The van der Waals surface area contributed by atoms with Crippen molar-refractivity contribution in [3.63, 3.8) is 0 Å². The number of halogens is 2. The number of sulfonamides is 1. The summed E-state index contributed by atoms with van der Waals surface area (Å²) in [5.41, 5.74) is 0.231. The van der Waals surface area contributed by atoms with E-state index in [1.807, 2.05) is 0 Å². The number of anilines is 1. The maximum Gasteiger partial charge on any atom is 0.241 e. The fraction of sp³-hybridized carbons (Fsp3) is 0.462. The maximum absolute atomic E-state index is 12.0. The summed E-state index contributed by atoms with van der Waals surface area (Å²) in [6.07, 6.45) is 1.01. The largest absolute Gasteiger partial charge is 0.383 e. The second kappa shape index (κ2) is 8.01. The van der Waals surface area contributed by atoms with Crippen molar-refractivity contribution in [2.75, 3.05) is 30.8 Å². The van der Waals surface area contributed by atoms with Gasteiger partial charge in [0.05, 0.1) is 18.6 Å². The number of ether oxygens (including phenoxy) is 1. The molecule has 0 aliphatic rings. The molecule has 0 heterocycles. The Labute approximate surface area is 140 Å². The van der Waals surface area contributed by atoms with Gasteiger partial charge in [-0.25, -0.2) is 8.42 Å². The number of methoxy groups -OCH3 is 1. The Morgan fingerprint density at radius 1 is 1.32 bits per heavy atom. The van der Waals surface area contributed by atoms with Crippen molar-refractivity contribution in [2.24, 2.45) is 0 Å². The molecule has 9 heteroatoms. The fourth-order valence-electron chi connectivity index (χ4n) is 1.83. The lowest BCUT2D eigenvalue weighted by molar-refractivity contribution is -0.120. The molecule has 0 aliphatic carbocycles. The van der Waals surface area contributed by atoms with Gasteiger partial charge in [0.1, 0.15) is 6.54 Å². The second-order valence-electron chi connectivity index (χ2n) is 4.82. The van der Waals surface area contributed by atoms with Gasteiger partial charge in [-0.1, -0.05) is 23.2 Å². The van der Waals surface area contributed by atoms with Gasteiger partial charge in [0.25, 0.3) is 0 Å². The lowest BCUT2D eigenvalue weighted by atomic mass is 10.3. The van der Waals surface area contributed by atoms with E-state index in [0.29, 0.717) is 6.61 Å². The molecule has 1 rings (SSSR count). The minimum Gasteiger partial charge on any atom is -0.383 e. The van der Waals surface area contributed by atoms with E-state index in [1.165, 1.54) is 25.3 Å². The first kappa shape index (κ1) is 19.0. The SMILES string of the molecule is COC[C@H](C)NC(=O)CN(c1cc(Cl)cc(Cl)c1)S(C)(=O)=O. The lowest BCUT2D eigenvalue weighted by Gasteiger charge is -2.23. The number of nitrogens with one attached hydrogen (secondary N) is 1. The zero-order valence-electron chi connectivity index (χ0n) is 12.5. The van der Waals surface area contributed by atoms with Crippen molar-refractivity contribution in [1.29, 1.82) is 0 Å². The van der Waals surface area contributed by atoms with Crippen LogP contribution in [0.1, 0.15) is 6.92 Å². The highest BCUT2D eigenvalue weighted by Gasteiger charge is 2.22. The quantitative estimate of drug-likeness (QED) is 0.797. The summed E-state index contributed by atoms with van der Waals surface area (Å²) in [6, 6.07) is 4.11. The molecular formula is C13H18Cl2N2O4S. The third kappa shape index (κ3) is 6.00. The monoisotopic (exact) mass is 368 g/mol. The van der Waals surface area contributed by atoms with Gasteiger partial charge in [-0.2, -0.15) is 0 Å². The molecule has 1 atom stereocenters. The van der Waals surface area contributed by atoms with Gasteiger partial charge in [-0.3, -0.25) is 9.10 Å². The first-order valence-electron chi connectivity index (χ1n) is 6.35. The highest BCUT2D eigenvalue weighted by Crippen LogP contribution is 2.26. The van der Waals surface area contributed by atoms with Gasteiger partial charge in [0.15, 0.2) is 0 Å². The van der Waals surface area contributed by atoms with Crippen molar-refractivity contribution in [3.8, 4) is 0 Å². The molecule has 1 N–H and O–H groups in total. The first-order chi connectivity index (χ1) is 10.1. The van der Waals surface area contributed by atoms with Crippen LogP contribution in [-0.4, -0.2) is 46.9 Å². The van der Waals surface area contributed by atoms with E-state index in [9.17, 15) is 13.2 Å². The van der Waals surface area contributed by atoms with E-state index in [2.05, 4.69) is 5.32 Å². The van der Waals surface area contributed by atoms with Gasteiger partial charge < -0.3 is 10.1 Å². The molecule has 1 aromatic rings. The Morgan fingerprint density at radius 3 is 2.32 bits per heavy atom. The summed E-state index contributed by atoms with van der Waals surface area (Å²) in [6.45, 7) is 1.71. The average Bonchev–Trinajstić information content (AvgIpc) is 2.33. The molecule has 124 valence electrons. The van der Waals surface area contributed by atoms with E-state index in [4.69, 9.17) is 27.9 Å². The van der Waals surface area contributed by atoms with Crippen LogP contribution in [0, 0.1) is 0 Å². The zero-order chi connectivity index (χ0) is 16.9. The van der Waals surface area contributed by atoms with Crippen molar-refractivity contribution in [1.82, 2.24) is 5.32 Å². The third-order valence-corrected chi connectivity index (χ3v) is 4.22. The minimum atomic E-state index is -3.67. The first-order valence-corrected chi connectivity index (χ1v) is 8.96. The van der Waals surface area contributed by atoms with Crippen LogP contribution in [0.3, 0.4) is 0 Å². The smallest absolute Gasteiger partial charge is 0.241 e. The van der Waals surface area contributed by atoms with E-state index in [-0.39, 0.29) is 28.3 Å². The molecule has 0 fully saturated rings. The fourth-order valence-corrected chi connectivity index (χ4v) is 3.18. The Morgan fingerprint density at radius 2 is 1.86 bits per heavy atom. The van der Waals surface area contributed by atoms with E-state index < -0.39 is 15.9 Å². The highest BCUT2D eigenvalue weighted by atomic mass is 35.5. The van der Waals surface area contributed by atoms with E-state index in [1.54, 1.807) is 6.92 Å². The molecule has 0 aromatic heterocycles. The van der Waals surface area contributed by atoms with Crippen LogP contribution >= 0.6 is 23.2 Å². The molecular weight excluding hydrogens is 351 g/mol. The van der Waals surface area contributed by atoms with Crippen LogP contribution in [0.2, 0.25) is 10.0 Å². The molecule has 0 aliphatic heterocycles. The van der Waals surface area contributed by atoms with Crippen LogP contribution in [0.25, 0.3) is 0 Å². The zero-order valence-corrected chi connectivity index (χ0v) is 14.8. The Hall–Kier alpha value is -1.02. The van der Waals surface area contributed by atoms with Gasteiger partial charge >= 0.3 is 0 Å².